The molecule has 0 atom stereocenters. The molecule has 0 saturated heterocycles. The van der Waals surface area contributed by atoms with Crippen LogP contribution in [0, 0.1) is 3.57 Å². The van der Waals surface area contributed by atoms with Crippen molar-refractivity contribution in [2.45, 2.75) is 30.2 Å². The van der Waals surface area contributed by atoms with Gasteiger partial charge >= 0.3 is 44.5 Å². The van der Waals surface area contributed by atoms with E-state index in [1.54, 1.807) is 3.57 Å². The van der Waals surface area contributed by atoms with E-state index in [1.165, 1.54) is 4.43 Å². The van der Waals surface area contributed by atoms with Crippen LogP contribution >= 0.6 is 0 Å². The Balaban J connectivity index is 0.000000577. The first-order valence-corrected chi connectivity index (χ1v) is 10.2. The van der Waals surface area contributed by atoms with E-state index < -0.39 is 33.4 Å². The van der Waals surface area contributed by atoms with Crippen molar-refractivity contribution in [1.29, 1.82) is 0 Å². The fourth-order valence-electron chi connectivity index (χ4n) is 1.18. The predicted molar refractivity (Wildman–Crippen MR) is 66.3 cm³/mol. The molecular formula is C12H10F9IO3S. The van der Waals surface area contributed by atoms with Crippen molar-refractivity contribution in [1.82, 2.24) is 0 Å². The molecule has 0 aliphatic rings. The Morgan fingerprint density at radius 1 is 0.885 bits per heavy atom. The van der Waals surface area contributed by atoms with Gasteiger partial charge in [0.15, 0.2) is 13.7 Å². The molecule has 0 aromatic heterocycles. The van der Waals surface area contributed by atoms with Gasteiger partial charge in [-0.05, 0) is 19.1 Å². The number of hydrogen-bond donors (Lipinski definition) is 0. The molecule has 0 saturated carbocycles. The molecule has 3 nitrogen and oxygen atoms in total. The lowest BCUT2D eigenvalue weighted by molar-refractivity contribution is -0.623. The van der Waals surface area contributed by atoms with Gasteiger partial charge in [0.2, 0.25) is 0 Å². The van der Waals surface area contributed by atoms with Gasteiger partial charge in [-0.25, -0.2) is 8.42 Å². The van der Waals surface area contributed by atoms with Gasteiger partial charge in [-0.15, -0.1) is 0 Å². The smallest absolute Gasteiger partial charge is 0.460 e. The van der Waals surface area contributed by atoms with Crippen LogP contribution in [-0.2, 0) is 10.1 Å². The van der Waals surface area contributed by atoms with Crippen molar-refractivity contribution in [2.24, 2.45) is 0 Å². The topological polar surface area (TPSA) is 57.2 Å². The van der Waals surface area contributed by atoms with Crippen molar-refractivity contribution < 1.29 is 73.7 Å². The van der Waals surface area contributed by atoms with Crippen molar-refractivity contribution in [3.63, 3.8) is 0 Å². The van der Waals surface area contributed by atoms with E-state index in [9.17, 15) is 52.5 Å². The summed E-state index contributed by atoms with van der Waals surface area (Å²) >= 11 is 0.330. The lowest BCUT2D eigenvalue weighted by atomic mass is 10.1. The zero-order valence-electron chi connectivity index (χ0n) is 12.5. The minimum absolute atomic E-state index is 0.330. The van der Waals surface area contributed by atoms with E-state index in [-0.39, 0.29) is 0 Å². The van der Waals surface area contributed by atoms with Gasteiger partial charge in [0.05, 0.1) is 0 Å². The molecule has 1 aromatic rings. The van der Waals surface area contributed by atoms with Crippen LogP contribution in [0.1, 0.15) is 6.92 Å². The third kappa shape index (κ3) is 5.37. The Morgan fingerprint density at radius 3 is 1.62 bits per heavy atom. The summed E-state index contributed by atoms with van der Waals surface area (Å²) in [5, 5.41) is -7.11. The normalized spacial score (nSPS) is 13.8. The number of hydrogen-bond acceptors (Lipinski definition) is 3. The van der Waals surface area contributed by atoms with Crippen LogP contribution in [0.3, 0.4) is 0 Å². The maximum atomic E-state index is 12.2. The van der Waals surface area contributed by atoms with Crippen LogP contribution in [0.4, 0.5) is 39.5 Å². The van der Waals surface area contributed by atoms with Gasteiger partial charge in [0.1, 0.15) is 4.43 Å². The summed E-state index contributed by atoms with van der Waals surface area (Å²) in [5.74, 6) is -14.8. The second-order valence-corrected chi connectivity index (χ2v) is 9.27. The lowest BCUT2D eigenvalue weighted by Gasteiger charge is -2.34. The first-order chi connectivity index (χ1) is 11.4. The van der Waals surface area contributed by atoms with Gasteiger partial charge in [0, 0.05) is 0 Å². The van der Waals surface area contributed by atoms with Crippen LogP contribution in [-0.4, -0.2) is 40.7 Å². The third-order valence-corrected chi connectivity index (χ3v) is 5.70. The fraction of sp³-hybridized carbons (Fsp3) is 0.500. The Labute approximate surface area is 152 Å². The summed E-state index contributed by atoms with van der Waals surface area (Å²) in [6.07, 6.45) is -7.16. The standard InChI is InChI=1S/C8H10I.C4HF9O3S/c1-2-9-8-6-4-3-5-7-8;5-1(6,3(9,10)11)2(7,8)4(12,13)17(14,15)16/h3-7H,2H2,1H3;(H,14,15,16)/q+1;/p-1. The summed E-state index contributed by atoms with van der Waals surface area (Å²) in [7, 11) is -7.42. The van der Waals surface area contributed by atoms with E-state index >= 15 is 0 Å². The second kappa shape index (κ2) is 8.50. The number of halogens is 10. The summed E-state index contributed by atoms with van der Waals surface area (Å²) in [4.78, 5) is 0. The number of benzene rings is 1. The zero-order chi connectivity index (χ0) is 21.0. The largest absolute Gasteiger partial charge is 0.743 e. The molecular weight excluding hydrogens is 522 g/mol. The molecule has 0 radical (unpaired) electrons. The van der Waals surface area contributed by atoms with Gasteiger partial charge < -0.3 is 4.55 Å². The highest BCUT2D eigenvalue weighted by molar-refractivity contribution is 7.86. The van der Waals surface area contributed by atoms with Crippen LogP contribution in [0.2, 0.25) is 0 Å². The van der Waals surface area contributed by atoms with Crippen molar-refractivity contribution in [3.05, 3.63) is 33.9 Å². The quantitative estimate of drug-likeness (QED) is 0.246. The molecule has 14 heteroatoms. The molecule has 0 unspecified atom stereocenters. The summed E-state index contributed by atoms with van der Waals surface area (Å²) < 4.78 is 138. The van der Waals surface area contributed by atoms with Gasteiger partial charge in [-0.1, -0.05) is 18.2 Å². The van der Waals surface area contributed by atoms with Crippen molar-refractivity contribution in [2.75, 3.05) is 4.43 Å². The fourth-order valence-corrected chi connectivity index (χ4v) is 3.42. The monoisotopic (exact) mass is 532 g/mol. The van der Waals surface area contributed by atoms with E-state index in [1.807, 2.05) is 0 Å². The van der Waals surface area contributed by atoms with E-state index in [0.717, 1.165) is 0 Å². The molecule has 0 fully saturated rings. The first-order valence-electron chi connectivity index (χ1n) is 6.23. The second-order valence-electron chi connectivity index (χ2n) is 4.31. The minimum atomic E-state index is -7.43. The van der Waals surface area contributed by atoms with Crippen LogP contribution in [0.5, 0.6) is 0 Å². The Bertz CT molecular complexity index is 675. The average Bonchev–Trinajstić information content (AvgIpc) is 2.46. The highest BCUT2D eigenvalue weighted by Crippen LogP contribution is 2.54. The molecule has 0 amide bonds. The van der Waals surface area contributed by atoms with Crippen LogP contribution < -0.4 is 21.2 Å². The highest BCUT2D eigenvalue weighted by atomic mass is 127. The average molecular weight is 532 g/mol. The molecule has 26 heavy (non-hydrogen) atoms. The van der Waals surface area contributed by atoms with E-state index in [0.29, 0.717) is 21.2 Å². The molecule has 1 aromatic carbocycles. The number of alkyl halides is 10. The van der Waals surface area contributed by atoms with Crippen LogP contribution in [0.25, 0.3) is 0 Å². The van der Waals surface area contributed by atoms with E-state index in [4.69, 9.17) is 0 Å². The zero-order valence-corrected chi connectivity index (χ0v) is 15.5. The maximum Gasteiger partial charge on any atom is 0.460 e. The maximum absolute atomic E-state index is 12.2. The Morgan fingerprint density at radius 2 is 1.31 bits per heavy atom. The third-order valence-electron chi connectivity index (χ3n) is 2.45. The predicted octanol–water partition coefficient (Wildman–Crippen LogP) is 0.922. The molecule has 0 aliphatic heterocycles. The molecule has 0 spiro atoms. The van der Waals surface area contributed by atoms with Crippen LogP contribution in [0.15, 0.2) is 30.3 Å². The summed E-state index contributed by atoms with van der Waals surface area (Å²) in [5.41, 5.74) is 0. The molecule has 0 heterocycles. The lowest BCUT2D eigenvalue weighted by Crippen LogP contribution is -3.62. The Hall–Kier alpha value is -0.770. The SMILES string of the molecule is CC[I+]c1ccccc1.O=S(=O)([O-])C(F)(F)C(F)(F)C(F)(F)C(F)(F)F. The van der Waals surface area contributed by atoms with E-state index in [2.05, 4.69) is 37.3 Å². The molecule has 0 N–H and O–H groups in total. The molecule has 0 aliphatic carbocycles. The summed E-state index contributed by atoms with van der Waals surface area (Å²) in [6.45, 7) is 2.25. The molecule has 1 rings (SSSR count). The van der Waals surface area contributed by atoms with Gasteiger partial charge in [-0.2, -0.15) is 39.5 Å². The van der Waals surface area contributed by atoms with Gasteiger partial charge in [-0.3, -0.25) is 0 Å². The van der Waals surface area contributed by atoms with Gasteiger partial charge in [0.25, 0.3) is 0 Å². The molecule has 152 valence electrons. The number of rotatable bonds is 5. The summed E-state index contributed by atoms with van der Waals surface area (Å²) in [6, 6.07) is 10.7. The Kier molecular flexibility index (Phi) is 8.24. The minimum Gasteiger partial charge on any atom is -0.743 e. The highest BCUT2D eigenvalue weighted by Gasteiger charge is 2.83. The van der Waals surface area contributed by atoms with Crippen molar-refractivity contribution in [3.8, 4) is 0 Å². The van der Waals surface area contributed by atoms with Crippen molar-refractivity contribution >= 4 is 10.1 Å². The molecule has 0 bridgehead atoms. The first kappa shape index (κ1) is 25.2.